The minimum atomic E-state index is -0.590. The van der Waals surface area contributed by atoms with Gasteiger partial charge in [-0.3, -0.25) is 4.79 Å². The number of amides is 1. The molecule has 4 rings (SSSR count). The third-order valence-electron chi connectivity index (χ3n) is 5.80. The van der Waals surface area contributed by atoms with E-state index in [1.807, 2.05) is 67.6 Å². The van der Waals surface area contributed by atoms with Gasteiger partial charge in [0.1, 0.15) is 5.58 Å². The Hall–Kier alpha value is -3.09. The van der Waals surface area contributed by atoms with Crippen molar-refractivity contribution >= 4 is 16.9 Å². The number of carbonyl (C=O) groups excluding carboxylic acids is 1. The number of para-hydroxylation sites is 1. The molecule has 1 aromatic heterocycles. The third-order valence-corrected chi connectivity index (χ3v) is 5.80. The van der Waals surface area contributed by atoms with E-state index in [9.17, 15) is 9.90 Å². The lowest BCUT2D eigenvalue weighted by Gasteiger charge is -2.36. The first-order chi connectivity index (χ1) is 15.7. The first kappa shape index (κ1) is 22.1. The number of allylic oxidation sites excluding steroid dienone is 1. The van der Waals surface area contributed by atoms with Gasteiger partial charge >= 0.3 is 0 Å². The first-order valence-electron chi connectivity index (χ1n) is 11.1. The van der Waals surface area contributed by atoms with Crippen molar-refractivity contribution in [2.75, 3.05) is 13.2 Å². The van der Waals surface area contributed by atoms with Crippen molar-refractivity contribution < 1.29 is 23.8 Å². The maximum Gasteiger partial charge on any atom is 0.286 e. The average Bonchev–Trinajstić information content (AvgIpc) is 3.26. The summed E-state index contributed by atoms with van der Waals surface area (Å²) in [5.74, 6) is -0.242. The van der Waals surface area contributed by atoms with Gasteiger partial charge in [0.25, 0.3) is 5.91 Å². The van der Waals surface area contributed by atoms with Crippen LogP contribution in [0.1, 0.15) is 36.8 Å². The number of hydrogen-bond acceptors (Lipinski definition) is 5. The fraction of sp³-hybridized carbons (Fsp3) is 0.346. The first-order valence-corrected chi connectivity index (χ1v) is 11.1. The Labute approximate surface area is 187 Å². The van der Waals surface area contributed by atoms with Gasteiger partial charge in [-0.15, -0.1) is 0 Å². The molecule has 0 bridgehead atoms. The van der Waals surface area contributed by atoms with E-state index in [1.54, 1.807) is 6.26 Å². The molecule has 1 aliphatic rings. The Bertz CT molecular complexity index is 1060. The van der Waals surface area contributed by atoms with Gasteiger partial charge < -0.3 is 24.3 Å². The third kappa shape index (κ3) is 4.87. The van der Waals surface area contributed by atoms with Crippen molar-refractivity contribution in [2.24, 2.45) is 5.92 Å². The SMILES string of the molecule is CCOC1OC(C(=O)NCc2ccccc2)=CC(c2coc3ccccc23)C1CCCO. The number of ether oxygens (including phenoxy) is 2. The highest BCUT2D eigenvalue weighted by Gasteiger charge is 2.39. The highest BCUT2D eigenvalue weighted by Crippen LogP contribution is 2.42. The zero-order valence-electron chi connectivity index (χ0n) is 18.2. The predicted molar refractivity (Wildman–Crippen MR) is 122 cm³/mol. The smallest absolute Gasteiger partial charge is 0.286 e. The Morgan fingerprint density at radius 2 is 1.91 bits per heavy atom. The lowest BCUT2D eigenvalue weighted by atomic mass is 9.80. The van der Waals surface area contributed by atoms with Gasteiger partial charge in [0, 0.05) is 42.5 Å². The lowest BCUT2D eigenvalue weighted by molar-refractivity contribution is -0.166. The van der Waals surface area contributed by atoms with Gasteiger partial charge in [0.2, 0.25) is 6.29 Å². The van der Waals surface area contributed by atoms with Crippen molar-refractivity contribution in [2.45, 2.75) is 38.5 Å². The summed E-state index contributed by atoms with van der Waals surface area (Å²) >= 11 is 0. The van der Waals surface area contributed by atoms with Gasteiger partial charge in [0.05, 0.1) is 6.26 Å². The maximum atomic E-state index is 13.0. The molecular weight excluding hydrogens is 406 g/mol. The number of hydrogen-bond donors (Lipinski definition) is 2. The molecule has 168 valence electrons. The molecular formula is C26H29NO5. The fourth-order valence-electron chi connectivity index (χ4n) is 4.24. The Kier molecular flexibility index (Phi) is 7.24. The quantitative estimate of drug-likeness (QED) is 0.517. The van der Waals surface area contributed by atoms with E-state index < -0.39 is 6.29 Å². The van der Waals surface area contributed by atoms with E-state index >= 15 is 0 Å². The van der Waals surface area contributed by atoms with Crippen molar-refractivity contribution in [3.8, 4) is 0 Å². The van der Waals surface area contributed by atoms with Gasteiger partial charge in [-0.1, -0.05) is 48.5 Å². The van der Waals surface area contributed by atoms with Crippen LogP contribution in [0.3, 0.4) is 0 Å². The number of aliphatic hydroxyl groups is 1. The summed E-state index contributed by atoms with van der Waals surface area (Å²) < 4.78 is 17.8. The van der Waals surface area contributed by atoms with Crippen LogP contribution in [0.25, 0.3) is 11.0 Å². The summed E-state index contributed by atoms with van der Waals surface area (Å²) in [5, 5.41) is 13.4. The van der Waals surface area contributed by atoms with Crippen molar-refractivity contribution in [3.63, 3.8) is 0 Å². The minimum absolute atomic E-state index is 0.0613. The van der Waals surface area contributed by atoms with Crippen molar-refractivity contribution in [3.05, 3.63) is 83.8 Å². The average molecular weight is 436 g/mol. The summed E-state index contributed by atoms with van der Waals surface area (Å²) in [7, 11) is 0. The highest BCUT2D eigenvalue weighted by atomic mass is 16.7. The second kappa shape index (κ2) is 10.5. The number of benzene rings is 2. The van der Waals surface area contributed by atoms with Crippen LogP contribution in [0.4, 0.5) is 0 Å². The van der Waals surface area contributed by atoms with Crippen LogP contribution in [-0.4, -0.2) is 30.5 Å². The highest BCUT2D eigenvalue weighted by molar-refractivity contribution is 5.92. The molecule has 1 amide bonds. The number of nitrogens with one attached hydrogen (secondary N) is 1. The summed E-state index contributed by atoms with van der Waals surface area (Å²) in [6.45, 7) is 2.86. The van der Waals surface area contributed by atoms with Crippen LogP contribution in [-0.2, 0) is 20.8 Å². The molecule has 3 atom stereocenters. The molecule has 2 N–H and O–H groups in total. The normalized spacial score (nSPS) is 20.6. The molecule has 0 spiro atoms. The van der Waals surface area contributed by atoms with E-state index in [0.29, 0.717) is 26.0 Å². The molecule has 2 aromatic carbocycles. The molecule has 1 aliphatic heterocycles. The van der Waals surface area contributed by atoms with Crippen molar-refractivity contribution in [1.82, 2.24) is 5.32 Å². The van der Waals surface area contributed by atoms with E-state index in [2.05, 4.69) is 5.32 Å². The standard InChI is InChI=1S/C26H29NO5/c1-2-30-26-20(12-8-14-28)21(22-17-31-23-13-7-6-11-19(22)23)15-24(32-26)25(29)27-16-18-9-4-3-5-10-18/h3-7,9-11,13,15,17,20-21,26,28H,2,8,12,14,16H2,1H3,(H,27,29). The summed E-state index contributed by atoms with van der Waals surface area (Å²) in [6, 6.07) is 17.6. The van der Waals surface area contributed by atoms with Crippen LogP contribution < -0.4 is 5.32 Å². The molecule has 0 fully saturated rings. The second-order valence-electron chi connectivity index (χ2n) is 7.88. The van der Waals surface area contributed by atoms with Gasteiger partial charge in [0.15, 0.2) is 5.76 Å². The molecule has 0 saturated heterocycles. The minimum Gasteiger partial charge on any atom is -0.464 e. The molecule has 3 aromatic rings. The molecule has 0 radical (unpaired) electrons. The molecule has 0 aliphatic carbocycles. The van der Waals surface area contributed by atoms with E-state index in [0.717, 1.165) is 22.1 Å². The van der Waals surface area contributed by atoms with Gasteiger partial charge in [-0.25, -0.2) is 0 Å². The van der Waals surface area contributed by atoms with Crippen molar-refractivity contribution in [1.29, 1.82) is 0 Å². The Morgan fingerprint density at radius 3 is 2.69 bits per heavy atom. The van der Waals surface area contributed by atoms with Gasteiger partial charge in [-0.05, 0) is 37.5 Å². The summed E-state index contributed by atoms with van der Waals surface area (Å²) in [5.41, 5.74) is 2.80. The van der Waals surface area contributed by atoms with E-state index in [-0.39, 0.29) is 30.1 Å². The molecule has 6 nitrogen and oxygen atoms in total. The molecule has 6 heteroatoms. The van der Waals surface area contributed by atoms with Crippen LogP contribution >= 0.6 is 0 Å². The Morgan fingerprint density at radius 1 is 1.12 bits per heavy atom. The number of aliphatic hydroxyl groups excluding tert-OH is 1. The van der Waals surface area contributed by atoms with E-state index in [4.69, 9.17) is 13.9 Å². The molecule has 0 saturated carbocycles. The largest absolute Gasteiger partial charge is 0.464 e. The molecule has 2 heterocycles. The van der Waals surface area contributed by atoms with Crippen LogP contribution in [0.15, 0.2) is 77.1 Å². The number of furan rings is 1. The monoisotopic (exact) mass is 435 g/mol. The molecule has 3 unspecified atom stereocenters. The van der Waals surface area contributed by atoms with Gasteiger partial charge in [-0.2, -0.15) is 0 Å². The Balaban J connectivity index is 1.65. The van der Waals surface area contributed by atoms with Crippen LogP contribution in [0.5, 0.6) is 0 Å². The van der Waals surface area contributed by atoms with E-state index in [1.165, 1.54) is 0 Å². The maximum absolute atomic E-state index is 13.0. The number of rotatable bonds is 9. The summed E-state index contributed by atoms with van der Waals surface area (Å²) in [6.07, 6.45) is 4.35. The number of fused-ring (bicyclic) bond motifs is 1. The fourth-order valence-corrected chi connectivity index (χ4v) is 4.24. The van der Waals surface area contributed by atoms with Crippen LogP contribution in [0.2, 0.25) is 0 Å². The molecule has 32 heavy (non-hydrogen) atoms. The lowest BCUT2D eigenvalue weighted by Crippen LogP contribution is -2.38. The zero-order chi connectivity index (χ0) is 22.3. The summed E-state index contributed by atoms with van der Waals surface area (Å²) in [4.78, 5) is 13.0. The second-order valence-corrected chi connectivity index (χ2v) is 7.88. The number of carbonyl (C=O) groups is 1. The van der Waals surface area contributed by atoms with Crippen LogP contribution in [0, 0.1) is 5.92 Å². The zero-order valence-corrected chi connectivity index (χ0v) is 18.2. The topological polar surface area (TPSA) is 80.9 Å². The predicted octanol–water partition coefficient (Wildman–Crippen LogP) is 4.50.